The summed E-state index contributed by atoms with van der Waals surface area (Å²) in [5.41, 5.74) is 0. The summed E-state index contributed by atoms with van der Waals surface area (Å²) in [6.45, 7) is 2.78. The molecular weight excluding hydrogens is 286 g/mol. The molecule has 0 aromatic carbocycles. The van der Waals surface area contributed by atoms with Crippen molar-refractivity contribution in [1.82, 2.24) is 4.90 Å². The van der Waals surface area contributed by atoms with Crippen LogP contribution >= 0.6 is 15.9 Å². The number of rotatable bonds is 4. The molecule has 0 saturated carbocycles. The zero-order chi connectivity index (χ0) is 12.3. The maximum Gasteiger partial charge on any atom is 0.317 e. The Bertz CT molecular complexity index is 385. The number of nitrogens with zero attached hydrogens (tertiary/aromatic N) is 1. The van der Waals surface area contributed by atoms with Crippen LogP contribution in [0.1, 0.15) is 24.5 Å². The minimum absolute atomic E-state index is 0.237. The molecule has 0 spiro atoms. The first kappa shape index (κ1) is 12.6. The van der Waals surface area contributed by atoms with E-state index in [1.165, 1.54) is 20.0 Å². The van der Waals surface area contributed by atoms with Gasteiger partial charge in [0.25, 0.3) is 0 Å². The van der Waals surface area contributed by atoms with Crippen LogP contribution in [0.25, 0.3) is 0 Å². The highest BCUT2D eigenvalue weighted by atomic mass is 79.9. The molecule has 0 N–H and O–H groups in total. The molecule has 1 aliphatic heterocycles. The van der Waals surface area contributed by atoms with E-state index in [0.717, 1.165) is 13.1 Å². The van der Waals surface area contributed by atoms with Crippen molar-refractivity contribution in [3.63, 3.8) is 0 Å². The quantitative estimate of drug-likeness (QED) is 0.801. The van der Waals surface area contributed by atoms with Crippen molar-refractivity contribution in [3.05, 3.63) is 22.6 Å². The minimum atomic E-state index is -0.329. The maximum atomic E-state index is 11.8. The van der Waals surface area contributed by atoms with E-state index in [9.17, 15) is 4.79 Å². The first-order valence-electron chi connectivity index (χ1n) is 5.76. The maximum absolute atomic E-state index is 11.8. The molecule has 0 radical (unpaired) electrons. The highest BCUT2D eigenvalue weighted by Crippen LogP contribution is 2.25. The fourth-order valence-electron chi connectivity index (χ4n) is 2.16. The molecule has 5 heteroatoms. The second kappa shape index (κ2) is 5.69. The van der Waals surface area contributed by atoms with Gasteiger partial charge in [-0.3, -0.25) is 4.79 Å². The molecule has 1 aromatic heterocycles. The Morgan fingerprint density at radius 3 is 2.76 bits per heavy atom. The predicted octanol–water partition coefficient (Wildman–Crippen LogP) is 2.39. The Hall–Kier alpha value is -0.810. The number of carbonyl (C=O) groups excluding carboxylic acids is 1. The van der Waals surface area contributed by atoms with Gasteiger partial charge in [0.15, 0.2) is 4.67 Å². The zero-order valence-electron chi connectivity index (χ0n) is 9.82. The SMILES string of the molecule is COC(=O)C(CN1CCCC1)c1ccc(Br)o1. The van der Waals surface area contributed by atoms with Crippen LogP contribution in [0.3, 0.4) is 0 Å². The van der Waals surface area contributed by atoms with E-state index < -0.39 is 0 Å². The lowest BCUT2D eigenvalue weighted by molar-refractivity contribution is -0.143. The molecule has 4 nitrogen and oxygen atoms in total. The molecular formula is C12H16BrNO3. The number of furan rings is 1. The molecule has 1 fully saturated rings. The average Bonchev–Trinajstić information content (AvgIpc) is 2.96. The molecule has 2 heterocycles. The number of methoxy groups -OCH3 is 1. The fourth-order valence-corrected chi connectivity index (χ4v) is 2.48. The molecule has 17 heavy (non-hydrogen) atoms. The van der Waals surface area contributed by atoms with Gasteiger partial charge in [0.1, 0.15) is 11.7 Å². The summed E-state index contributed by atoms with van der Waals surface area (Å²) in [6, 6.07) is 3.62. The van der Waals surface area contributed by atoms with Crippen molar-refractivity contribution >= 4 is 21.9 Å². The van der Waals surface area contributed by atoms with Crippen molar-refractivity contribution in [2.45, 2.75) is 18.8 Å². The number of carbonyl (C=O) groups is 1. The second-order valence-corrected chi connectivity index (χ2v) is 5.01. The van der Waals surface area contributed by atoms with Crippen LogP contribution in [0.15, 0.2) is 21.2 Å². The first-order chi connectivity index (χ1) is 8.20. The van der Waals surface area contributed by atoms with Gasteiger partial charge in [-0.1, -0.05) is 0 Å². The second-order valence-electron chi connectivity index (χ2n) is 4.23. The van der Waals surface area contributed by atoms with Crippen LogP contribution in [0.4, 0.5) is 0 Å². The minimum Gasteiger partial charge on any atom is -0.468 e. The topological polar surface area (TPSA) is 42.7 Å². The number of halogens is 1. The van der Waals surface area contributed by atoms with E-state index in [-0.39, 0.29) is 11.9 Å². The third kappa shape index (κ3) is 3.10. The lowest BCUT2D eigenvalue weighted by atomic mass is 10.1. The Morgan fingerprint density at radius 2 is 2.24 bits per heavy atom. The molecule has 1 aromatic rings. The number of esters is 1. The van der Waals surface area contributed by atoms with Crippen LogP contribution < -0.4 is 0 Å². The zero-order valence-corrected chi connectivity index (χ0v) is 11.4. The van der Waals surface area contributed by atoms with E-state index >= 15 is 0 Å². The highest BCUT2D eigenvalue weighted by Gasteiger charge is 2.28. The smallest absolute Gasteiger partial charge is 0.317 e. The van der Waals surface area contributed by atoms with Crippen molar-refractivity contribution in [1.29, 1.82) is 0 Å². The average molecular weight is 302 g/mol. The van der Waals surface area contributed by atoms with Gasteiger partial charge in [-0.05, 0) is 54.0 Å². The van der Waals surface area contributed by atoms with Gasteiger partial charge >= 0.3 is 5.97 Å². The molecule has 1 saturated heterocycles. The molecule has 2 rings (SSSR count). The summed E-state index contributed by atoms with van der Waals surface area (Å²) in [4.78, 5) is 14.1. The molecule has 0 amide bonds. The van der Waals surface area contributed by atoms with Crippen LogP contribution in [0, 0.1) is 0 Å². The van der Waals surface area contributed by atoms with Crippen molar-refractivity contribution in [2.24, 2.45) is 0 Å². The Morgan fingerprint density at radius 1 is 1.53 bits per heavy atom. The summed E-state index contributed by atoms with van der Waals surface area (Å²) < 4.78 is 11.0. The highest BCUT2D eigenvalue weighted by molar-refractivity contribution is 9.10. The predicted molar refractivity (Wildman–Crippen MR) is 66.8 cm³/mol. The summed E-state index contributed by atoms with van der Waals surface area (Å²) >= 11 is 3.25. The van der Waals surface area contributed by atoms with Crippen molar-refractivity contribution in [2.75, 3.05) is 26.7 Å². The summed E-state index contributed by atoms with van der Waals surface area (Å²) in [5.74, 6) is 0.0961. The van der Waals surface area contributed by atoms with Gasteiger partial charge in [0, 0.05) is 6.54 Å². The summed E-state index contributed by atoms with van der Waals surface area (Å²) in [6.07, 6.45) is 2.41. The lowest BCUT2D eigenvalue weighted by Crippen LogP contribution is -2.30. The fraction of sp³-hybridized carbons (Fsp3) is 0.583. The van der Waals surface area contributed by atoms with Crippen LogP contribution in [0.5, 0.6) is 0 Å². The largest absolute Gasteiger partial charge is 0.468 e. The Labute approximate surface area is 109 Å². The molecule has 0 aliphatic carbocycles. The van der Waals surface area contributed by atoms with Crippen LogP contribution in [-0.2, 0) is 9.53 Å². The Balaban J connectivity index is 2.10. The van der Waals surface area contributed by atoms with Crippen LogP contribution in [0.2, 0.25) is 0 Å². The van der Waals surface area contributed by atoms with E-state index in [0.29, 0.717) is 17.0 Å². The van der Waals surface area contributed by atoms with E-state index in [1.807, 2.05) is 6.07 Å². The van der Waals surface area contributed by atoms with E-state index in [1.54, 1.807) is 6.07 Å². The summed E-state index contributed by atoms with van der Waals surface area (Å²) in [5, 5.41) is 0. The normalized spacial score (nSPS) is 18.2. The number of ether oxygens (including phenoxy) is 1. The molecule has 1 unspecified atom stereocenters. The molecule has 94 valence electrons. The Kier molecular flexibility index (Phi) is 4.23. The van der Waals surface area contributed by atoms with E-state index in [2.05, 4.69) is 20.8 Å². The van der Waals surface area contributed by atoms with Gasteiger partial charge in [-0.15, -0.1) is 0 Å². The van der Waals surface area contributed by atoms with Crippen molar-refractivity contribution < 1.29 is 13.9 Å². The van der Waals surface area contributed by atoms with Crippen molar-refractivity contribution in [3.8, 4) is 0 Å². The lowest BCUT2D eigenvalue weighted by Gasteiger charge is -2.19. The number of likely N-dealkylation sites (tertiary alicyclic amines) is 1. The molecule has 0 bridgehead atoms. The first-order valence-corrected chi connectivity index (χ1v) is 6.55. The van der Waals surface area contributed by atoms with E-state index in [4.69, 9.17) is 9.15 Å². The number of hydrogen-bond donors (Lipinski definition) is 0. The van der Waals surface area contributed by atoms with Gasteiger partial charge in [0.05, 0.1) is 7.11 Å². The third-order valence-corrected chi connectivity index (χ3v) is 3.49. The van der Waals surface area contributed by atoms with Gasteiger partial charge in [0.2, 0.25) is 0 Å². The molecule has 1 aliphatic rings. The summed E-state index contributed by atoms with van der Waals surface area (Å²) in [7, 11) is 1.41. The molecule has 1 atom stereocenters. The van der Waals surface area contributed by atoms with Gasteiger partial charge < -0.3 is 14.1 Å². The van der Waals surface area contributed by atoms with Gasteiger partial charge in [-0.25, -0.2) is 0 Å². The number of hydrogen-bond acceptors (Lipinski definition) is 4. The standard InChI is InChI=1S/C12H16BrNO3/c1-16-12(15)9(8-14-6-2-3-7-14)10-4-5-11(13)17-10/h4-5,9H,2-3,6-8H2,1H3. The van der Waals surface area contributed by atoms with Gasteiger partial charge in [-0.2, -0.15) is 0 Å². The monoisotopic (exact) mass is 301 g/mol. The van der Waals surface area contributed by atoms with Crippen LogP contribution in [-0.4, -0.2) is 37.6 Å². The third-order valence-electron chi connectivity index (χ3n) is 3.06.